The van der Waals surface area contributed by atoms with E-state index in [1.165, 1.54) is 0 Å². The standard InChI is InChI=1S/C16H15F3N2/c17-16(18,19)8-7-13(20)10-5-6-15-12(9-10)11-3-1-2-4-14(11)21-15/h1-6,9,13,21H,7-8,20H2. The van der Waals surface area contributed by atoms with Crippen LogP contribution in [0.3, 0.4) is 0 Å². The lowest BCUT2D eigenvalue weighted by Gasteiger charge is -2.13. The van der Waals surface area contributed by atoms with E-state index in [-0.39, 0.29) is 6.42 Å². The van der Waals surface area contributed by atoms with Crippen molar-refractivity contribution in [3.05, 3.63) is 48.0 Å². The topological polar surface area (TPSA) is 41.8 Å². The van der Waals surface area contributed by atoms with Gasteiger partial charge in [0.15, 0.2) is 0 Å². The molecule has 0 radical (unpaired) electrons. The number of nitrogens with two attached hydrogens (primary N) is 1. The minimum absolute atomic E-state index is 0.0998. The van der Waals surface area contributed by atoms with Crippen LogP contribution in [0, 0.1) is 0 Å². The van der Waals surface area contributed by atoms with Gasteiger partial charge < -0.3 is 10.7 Å². The summed E-state index contributed by atoms with van der Waals surface area (Å²) in [6, 6.07) is 12.8. The van der Waals surface area contributed by atoms with E-state index in [1.807, 2.05) is 36.4 Å². The first-order chi connectivity index (χ1) is 9.94. The largest absolute Gasteiger partial charge is 0.389 e. The Labute approximate surface area is 119 Å². The maximum Gasteiger partial charge on any atom is 0.389 e. The van der Waals surface area contributed by atoms with Crippen molar-refractivity contribution in [1.82, 2.24) is 4.98 Å². The summed E-state index contributed by atoms with van der Waals surface area (Å²) in [6.45, 7) is 0. The molecule has 3 aromatic rings. The molecule has 0 saturated heterocycles. The van der Waals surface area contributed by atoms with Crippen LogP contribution in [-0.2, 0) is 0 Å². The first-order valence-corrected chi connectivity index (χ1v) is 6.77. The normalized spacial score (nSPS) is 13.9. The predicted molar refractivity (Wildman–Crippen MR) is 78.0 cm³/mol. The molecule has 5 heteroatoms. The fraction of sp³-hybridized carbons (Fsp3) is 0.250. The van der Waals surface area contributed by atoms with Crippen LogP contribution >= 0.6 is 0 Å². The number of fused-ring (bicyclic) bond motifs is 3. The quantitative estimate of drug-likeness (QED) is 0.724. The van der Waals surface area contributed by atoms with Gasteiger partial charge in [-0.05, 0) is 30.2 Å². The van der Waals surface area contributed by atoms with Gasteiger partial charge in [0, 0.05) is 34.3 Å². The maximum absolute atomic E-state index is 12.3. The third kappa shape index (κ3) is 2.88. The van der Waals surface area contributed by atoms with Crippen molar-refractivity contribution in [2.45, 2.75) is 25.1 Å². The van der Waals surface area contributed by atoms with Crippen LogP contribution in [-0.4, -0.2) is 11.2 Å². The summed E-state index contributed by atoms with van der Waals surface area (Å²) in [4.78, 5) is 3.28. The van der Waals surface area contributed by atoms with Crippen molar-refractivity contribution < 1.29 is 13.2 Å². The smallest absolute Gasteiger partial charge is 0.355 e. The lowest BCUT2D eigenvalue weighted by atomic mass is 10.0. The van der Waals surface area contributed by atoms with Gasteiger partial charge in [-0.25, -0.2) is 0 Å². The second-order valence-electron chi connectivity index (χ2n) is 5.24. The maximum atomic E-state index is 12.3. The Morgan fingerprint density at radius 3 is 2.48 bits per heavy atom. The molecule has 2 aromatic carbocycles. The monoisotopic (exact) mass is 292 g/mol. The summed E-state index contributed by atoms with van der Waals surface area (Å²) in [5, 5.41) is 2.04. The number of hydrogen-bond acceptors (Lipinski definition) is 1. The summed E-state index contributed by atoms with van der Waals surface area (Å²) >= 11 is 0. The van der Waals surface area contributed by atoms with Crippen LogP contribution in [0.4, 0.5) is 13.2 Å². The number of aromatic amines is 1. The average Bonchev–Trinajstić information content (AvgIpc) is 2.81. The Bertz CT molecular complexity index is 774. The summed E-state index contributed by atoms with van der Waals surface area (Å²) in [5.74, 6) is 0. The van der Waals surface area contributed by atoms with Gasteiger partial charge in [0.1, 0.15) is 0 Å². The van der Waals surface area contributed by atoms with E-state index in [0.717, 1.165) is 27.4 Å². The lowest BCUT2D eigenvalue weighted by Crippen LogP contribution is -2.15. The molecule has 1 unspecified atom stereocenters. The van der Waals surface area contributed by atoms with E-state index in [1.54, 1.807) is 6.07 Å². The Balaban J connectivity index is 1.94. The number of para-hydroxylation sites is 1. The molecule has 21 heavy (non-hydrogen) atoms. The molecule has 0 aliphatic carbocycles. The van der Waals surface area contributed by atoms with Crippen molar-refractivity contribution >= 4 is 21.8 Å². The van der Waals surface area contributed by atoms with Crippen LogP contribution in [0.5, 0.6) is 0 Å². The minimum atomic E-state index is -4.16. The third-order valence-electron chi connectivity index (χ3n) is 3.70. The van der Waals surface area contributed by atoms with Gasteiger partial charge in [0.25, 0.3) is 0 Å². The van der Waals surface area contributed by atoms with E-state index in [4.69, 9.17) is 5.73 Å². The van der Waals surface area contributed by atoms with Crippen molar-refractivity contribution in [2.24, 2.45) is 5.73 Å². The van der Waals surface area contributed by atoms with Crippen LogP contribution in [0.25, 0.3) is 21.8 Å². The average molecular weight is 292 g/mol. The highest BCUT2D eigenvalue weighted by Gasteiger charge is 2.27. The number of benzene rings is 2. The Morgan fingerprint density at radius 2 is 1.71 bits per heavy atom. The van der Waals surface area contributed by atoms with Crippen molar-refractivity contribution in [1.29, 1.82) is 0 Å². The van der Waals surface area contributed by atoms with Crippen LogP contribution in [0.15, 0.2) is 42.5 Å². The van der Waals surface area contributed by atoms with Gasteiger partial charge in [0.2, 0.25) is 0 Å². The summed E-state index contributed by atoms with van der Waals surface area (Å²) < 4.78 is 36.8. The zero-order chi connectivity index (χ0) is 15.0. The van der Waals surface area contributed by atoms with E-state index in [0.29, 0.717) is 0 Å². The van der Waals surface area contributed by atoms with E-state index in [2.05, 4.69) is 4.98 Å². The number of aromatic nitrogens is 1. The first-order valence-electron chi connectivity index (χ1n) is 6.77. The minimum Gasteiger partial charge on any atom is -0.355 e. The molecule has 0 spiro atoms. The van der Waals surface area contributed by atoms with E-state index >= 15 is 0 Å². The highest BCUT2D eigenvalue weighted by molar-refractivity contribution is 6.07. The Kier molecular flexibility index (Phi) is 3.37. The van der Waals surface area contributed by atoms with E-state index in [9.17, 15) is 13.2 Å². The fourth-order valence-corrected chi connectivity index (χ4v) is 2.58. The second-order valence-corrected chi connectivity index (χ2v) is 5.24. The Morgan fingerprint density at radius 1 is 1.00 bits per heavy atom. The van der Waals surface area contributed by atoms with Gasteiger partial charge in [0.05, 0.1) is 0 Å². The number of rotatable bonds is 3. The SMILES string of the molecule is NC(CCC(F)(F)F)c1ccc2[nH]c3ccccc3c2c1. The first kappa shape index (κ1) is 13.9. The number of H-pyrrole nitrogens is 1. The zero-order valence-electron chi connectivity index (χ0n) is 11.2. The molecule has 2 nitrogen and oxygen atoms in total. The molecule has 3 N–H and O–H groups in total. The Hall–Kier alpha value is -2.01. The zero-order valence-corrected chi connectivity index (χ0v) is 11.2. The molecule has 0 fully saturated rings. The highest BCUT2D eigenvalue weighted by Crippen LogP contribution is 2.30. The van der Waals surface area contributed by atoms with Crippen LogP contribution in [0.1, 0.15) is 24.4 Å². The third-order valence-corrected chi connectivity index (χ3v) is 3.70. The van der Waals surface area contributed by atoms with Crippen LogP contribution < -0.4 is 5.73 Å². The van der Waals surface area contributed by atoms with Gasteiger partial charge in [-0.2, -0.15) is 13.2 Å². The lowest BCUT2D eigenvalue weighted by molar-refractivity contribution is -0.136. The molecule has 1 aromatic heterocycles. The van der Waals surface area contributed by atoms with E-state index < -0.39 is 18.6 Å². The van der Waals surface area contributed by atoms with Crippen molar-refractivity contribution in [3.8, 4) is 0 Å². The molecule has 0 bridgehead atoms. The molecule has 110 valence electrons. The molecule has 0 aliphatic rings. The molecule has 1 heterocycles. The molecule has 0 amide bonds. The number of nitrogens with one attached hydrogen (secondary N) is 1. The number of hydrogen-bond donors (Lipinski definition) is 2. The summed E-state index contributed by atoms with van der Waals surface area (Å²) in [7, 11) is 0. The molecule has 3 rings (SSSR count). The van der Waals surface area contributed by atoms with Gasteiger partial charge in [-0.15, -0.1) is 0 Å². The van der Waals surface area contributed by atoms with Crippen LogP contribution in [0.2, 0.25) is 0 Å². The van der Waals surface area contributed by atoms with Gasteiger partial charge >= 0.3 is 6.18 Å². The number of alkyl halides is 3. The summed E-state index contributed by atoms with van der Waals surface area (Å²) in [5.41, 5.74) is 8.60. The molecular formula is C16H15F3N2. The van der Waals surface area contributed by atoms with Crippen molar-refractivity contribution in [3.63, 3.8) is 0 Å². The molecule has 0 saturated carbocycles. The summed E-state index contributed by atoms with van der Waals surface area (Å²) in [6.07, 6.45) is -5.13. The van der Waals surface area contributed by atoms with Gasteiger partial charge in [-0.1, -0.05) is 24.3 Å². The fourth-order valence-electron chi connectivity index (χ4n) is 2.58. The second kappa shape index (κ2) is 5.07. The molecule has 1 atom stereocenters. The van der Waals surface area contributed by atoms with Gasteiger partial charge in [-0.3, -0.25) is 0 Å². The highest BCUT2D eigenvalue weighted by atomic mass is 19.4. The molecule has 0 aliphatic heterocycles. The molecular weight excluding hydrogens is 277 g/mol. The number of halogens is 3. The predicted octanol–water partition coefficient (Wildman–Crippen LogP) is 4.66. The van der Waals surface area contributed by atoms with Crippen molar-refractivity contribution in [2.75, 3.05) is 0 Å².